The highest BCUT2D eigenvalue weighted by Crippen LogP contribution is 2.12. The third-order valence-electron chi connectivity index (χ3n) is 2.55. The van der Waals surface area contributed by atoms with Crippen LogP contribution in [0, 0.1) is 6.92 Å². The maximum absolute atomic E-state index is 11.8. The predicted molar refractivity (Wildman–Crippen MR) is 60.3 cm³/mol. The van der Waals surface area contributed by atoms with Crippen LogP contribution < -0.4 is 10.6 Å². The molecule has 1 aromatic heterocycles. The predicted octanol–water partition coefficient (Wildman–Crippen LogP) is 0.460. The summed E-state index contributed by atoms with van der Waals surface area (Å²) < 4.78 is 0. The van der Waals surface area contributed by atoms with Gasteiger partial charge in [-0.1, -0.05) is 0 Å². The van der Waals surface area contributed by atoms with E-state index in [9.17, 15) is 9.59 Å². The van der Waals surface area contributed by atoms with Crippen LogP contribution in [0.3, 0.4) is 0 Å². The SMILES string of the molecule is Cc1ncsc1C(=O)NC1CCC(=O)NC1. The first-order valence-electron chi connectivity index (χ1n) is 5.14. The lowest BCUT2D eigenvalue weighted by molar-refractivity contribution is -0.122. The topological polar surface area (TPSA) is 71.1 Å². The first kappa shape index (κ1) is 11.1. The highest BCUT2D eigenvalue weighted by molar-refractivity contribution is 7.11. The van der Waals surface area contributed by atoms with Gasteiger partial charge in [-0.15, -0.1) is 11.3 Å². The molecule has 1 fully saturated rings. The molecular weight excluding hydrogens is 226 g/mol. The third-order valence-corrected chi connectivity index (χ3v) is 3.48. The first-order chi connectivity index (χ1) is 7.66. The van der Waals surface area contributed by atoms with Crippen molar-refractivity contribution in [1.29, 1.82) is 0 Å². The zero-order valence-electron chi connectivity index (χ0n) is 8.95. The minimum atomic E-state index is -0.0962. The molecule has 1 aromatic rings. The summed E-state index contributed by atoms with van der Waals surface area (Å²) in [5.41, 5.74) is 2.41. The van der Waals surface area contributed by atoms with Gasteiger partial charge in [-0.25, -0.2) is 4.98 Å². The van der Waals surface area contributed by atoms with E-state index >= 15 is 0 Å². The lowest BCUT2D eigenvalue weighted by Crippen LogP contribution is -2.47. The van der Waals surface area contributed by atoms with Gasteiger partial charge in [0.25, 0.3) is 5.91 Å². The number of aryl methyl sites for hydroxylation is 1. The maximum Gasteiger partial charge on any atom is 0.263 e. The minimum Gasteiger partial charge on any atom is -0.354 e. The fourth-order valence-corrected chi connectivity index (χ4v) is 2.33. The summed E-state index contributed by atoms with van der Waals surface area (Å²) in [4.78, 5) is 27.4. The van der Waals surface area contributed by atoms with Gasteiger partial charge in [0.15, 0.2) is 0 Å². The van der Waals surface area contributed by atoms with Crippen LogP contribution in [-0.2, 0) is 4.79 Å². The number of hydrogen-bond donors (Lipinski definition) is 2. The Morgan fingerprint density at radius 1 is 1.69 bits per heavy atom. The average Bonchev–Trinajstić information content (AvgIpc) is 2.68. The van der Waals surface area contributed by atoms with E-state index in [4.69, 9.17) is 0 Å². The number of carbonyl (C=O) groups excluding carboxylic acids is 2. The zero-order chi connectivity index (χ0) is 11.5. The van der Waals surface area contributed by atoms with Crippen molar-refractivity contribution < 1.29 is 9.59 Å². The lowest BCUT2D eigenvalue weighted by Gasteiger charge is -2.23. The Bertz CT molecular complexity index is 406. The number of thiazole rings is 1. The molecule has 6 heteroatoms. The largest absolute Gasteiger partial charge is 0.354 e. The number of carbonyl (C=O) groups is 2. The van der Waals surface area contributed by atoms with Gasteiger partial charge < -0.3 is 10.6 Å². The van der Waals surface area contributed by atoms with Crippen LogP contribution >= 0.6 is 11.3 Å². The molecule has 1 aliphatic rings. The molecule has 86 valence electrons. The summed E-state index contributed by atoms with van der Waals surface area (Å²) >= 11 is 1.34. The molecule has 0 saturated carbocycles. The Morgan fingerprint density at radius 3 is 3.06 bits per heavy atom. The van der Waals surface area contributed by atoms with E-state index in [-0.39, 0.29) is 17.9 Å². The highest BCUT2D eigenvalue weighted by atomic mass is 32.1. The van der Waals surface area contributed by atoms with E-state index in [1.807, 2.05) is 6.92 Å². The monoisotopic (exact) mass is 239 g/mol. The second kappa shape index (κ2) is 4.61. The number of aromatic nitrogens is 1. The lowest BCUT2D eigenvalue weighted by atomic mass is 10.1. The van der Waals surface area contributed by atoms with Gasteiger partial charge in [0.05, 0.1) is 11.2 Å². The van der Waals surface area contributed by atoms with Crippen LogP contribution in [0.1, 0.15) is 28.2 Å². The molecule has 2 rings (SSSR count). The van der Waals surface area contributed by atoms with Gasteiger partial charge in [0.2, 0.25) is 5.91 Å². The summed E-state index contributed by atoms with van der Waals surface area (Å²) in [6, 6.07) is 0.0340. The van der Waals surface area contributed by atoms with E-state index in [0.29, 0.717) is 24.3 Å². The Morgan fingerprint density at radius 2 is 2.50 bits per heavy atom. The summed E-state index contributed by atoms with van der Waals surface area (Å²) in [7, 11) is 0. The Balaban J connectivity index is 1.93. The van der Waals surface area contributed by atoms with Gasteiger partial charge in [-0.3, -0.25) is 9.59 Å². The number of rotatable bonds is 2. The molecule has 2 heterocycles. The molecule has 2 amide bonds. The summed E-state index contributed by atoms with van der Waals surface area (Å²) in [6.07, 6.45) is 1.18. The molecule has 0 aromatic carbocycles. The molecule has 0 radical (unpaired) electrons. The maximum atomic E-state index is 11.8. The van der Waals surface area contributed by atoms with Crippen LogP contribution in [0.2, 0.25) is 0 Å². The van der Waals surface area contributed by atoms with Crippen LogP contribution in [0.4, 0.5) is 0 Å². The van der Waals surface area contributed by atoms with Gasteiger partial charge in [0, 0.05) is 19.0 Å². The van der Waals surface area contributed by atoms with Gasteiger partial charge in [-0.05, 0) is 13.3 Å². The molecule has 0 spiro atoms. The van der Waals surface area contributed by atoms with E-state index in [0.717, 1.165) is 5.69 Å². The molecule has 5 nitrogen and oxygen atoms in total. The minimum absolute atomic E-state index is 0.0340. The number of hydrogen-bond acceptors (Lipinski definition) is 4. The van der Waals surface area contributed by atoms with Crippen LogP contribution in [0.5, 0.6) is 0 Å². The third kappa shape index (κ3) is 2.38. The van der Waals surface area contributed by atoms with Crippen molar-refractivity contribution in [1.82, 2.24) is 15.6 Å². The Hall–Kier alpha value is -1.43. The molecule has 0 aliphatic carbocycles. The van der Waals surface area contributed by atoms with E-state index < -0.39 is 0 Å². The second-order valence-corrected chi connectivity index (χ2v) is 4.63. The van der Waals surface area contributed by atoms with Crippen LogP contribution in [-0.4, -0.2) is 29.4 Å². The average molecular weight is 239 g/mol. The highest BCUT2D eigenvalue weighted by Gasteiger charge is 2.21. The summed E-state index contributed by atoms with van der Waals surface area (Å²) in [6.45, 7) is 2.33. The molecule has 1 aliphatic heterocycles. The standard InChI is InChI=1S/C10H13N3O2S/c1-6-9(16-5-12-6)10(15)13-7-2-3-8(14)11-4-7/h5,7H,2-4H2,1H3,(H,11,14)(H,13,15). The molecule has 16 heavy (non-hydrogen) atoms. The Labute approximate surface area is 97.3 Å². The van der Waals surface area contributed by atoms with Gasteiger partial charge >= 0.3 is 0 Å². The zero-order valence-corrected chi connectivity index (χ0v) is 9.76. The fraction of sp³-hybridized carbons (Fsp3) is 0.500. The van der Waals surface area contributed by atoms with Crippen molar-refractivity contribution in [2.24, 2.45) is 0 Å². The molecule has 1 saturated heterocycles. The smallest absolute Gasteiger partial charge is 0.263 e. The molecule has 1 unspecified atom stereocenters. The number of nitrogens with zero attached hydrogens (tertiary/aromatic N) is 1. The fourth-order valence-electron chi connectivity index (χ4n) is 1.63. The van der Waals surface area contributed by atoms with Crippen molar-refractivity contribution >= 4 is 23.2 Å². The normalized spacial score (nSPS) is 20.3. The molecule has 1 atom stereocenters. The quantitative estimate of drug-likeness (QED) is 0.787. The number of piperidine rings is 1. The summed E-state index contributed by atoms with van der Waals surface area (Å²) in [5.74, 6) is -0.0411. The Kier molecular flexibility index (Phi) is 3.19. The van der Waals surface area contributed by atoms with E-state index in [1.54, 1.807) is 5.51 Å². The molecule has 2 N–H and O–H groups in total. The van der Waals surface area contributed by atoms with Gasteiger partial charge in [0.1, 0.15) is 4.88 Å². The summed E-state index contributed by atoms with van der Waals surface area (Å²) in [5, 5.41) is 5.63. The van der Waals surface area contributed by atoms with Crippen molar-refractivity contribution in [3.05, 3.63) is 16.1 Å². The van der Waals surface area contributed by atoms with E-state index in [2.05, 4.69) is 15.6 Å². The first-order valence-corrected chi connectivity index (χ1v) is 6.02. The van der Waals surface area contributed by atoms with Crippen LogP contribution in [0.15, 0.2) is 5.51 Å². The molecule has 0 bridgehead atoms. The van der Waals surface area contributed by atoms with Gasteiger partial charge in [-0.2, -0.15) is 0 Å². The van der Waals surface area contributed by atoms with Crippen molar-refractivity contribution in [2.75, 3.05) is 6.54 Å². The van der Waals surface area contributed by atoms with Crippen molar-refractivity contribution in [3.63, 3.8) is 0 Å². The second-order valence-electron chi connectivity index (χ2n) is 3.78. The number of amides is 2. The van der Waals surface area contributed by atoms with E-state index in [1.165, 1.54) is 11.3 Å². The number of nitrogens with one attached hydrogen (secondary N) is 2. The molecular formula is C10H13N3O2S. The van der Waals surface area contributed by atoms with Crippen molar-refractivity contribution in [3.8, 4) is 0 Å². The van der Waals surface area contributed by atoms with Crippen LogP contribution in [0.25, 0.3) is 0 Å². The van der Waals surface area contributed by atoms with Crippen molar-refractivity contribution in [2.45, 2.75) is 25.8 Å².